The Morgan fingerprint density at radius 2 is 2.20 bits per heavy atom. The third kappa shape index (κ3) is 1.47. The lowest BCUT2D eigenvalue weighted by molar-refractivity contribution is 0.0680. The second-order valence-corrected chi connectivity index (χ2v) is 3.83. The van der Waals surface area contributed by atoms with Crippen LogP contribution in [0.1, 0.15) is 16.2 Å². The van der Waals surface area contributed by atoms with Gasteiger partial charge in [0.05, 0.1) is 11.0 Å². The Bertz CT molecular complexity index is 560. The zero-order valence-corrected chi connectivity index (χ0v) is 9.04. The third-order valence-corrected chi connectivity index (χ3v) is 2.55. The molecule has 1 N–H and O–H groups in total. The Morgan fingerprint density at radius 1 is 1.53 bits per heavy atom. The molecule has 0 radical (unpaired) electrons. The van der Waals surface area contributed by atoms with Gasteiger partial charge in [-0.2, -0.15) is 0 Å². The minimum absolute atomic E-state index is 0.0235. The quantitative estimate of drug-likeness (QED) is 0.808. The second kappa shape index (κ2) is 3.24. The van der Waals surface area contributed by atoms with E-state index in [0.29, 0.717) is 10.5 Å². The zero-order valence-electron chi connectivity index (χ0n) is 8.28. The van der Waals surface area contributed by atoms with Crippen molar-refractivity contribution in [1.29, 1.82) is 0 Å². The van der Waals surface area contributed by atoms with Gasteiger partial charge in [0.15, 0.2) is 0 Å². The number of carboxylic acids is 1. The number of benzene rings is 1. The third-order valence-electron chi connectivity index (χ3n) is 2.33. The Labute approximate surface area is 91.1 Å². The van der Waals surface area contributed by atoms with Crippen molar-refractivity contribution in [2.45, 2.75) is 6.92 Å². The van der Waals surface area contributed by atoms with Gasteiger partial charge >= 0.3 is 5.97 Å². The molecule has 0 fully saturated rings. The molecule has 0 saturated heterocycles. The maximum Gasteiger partial charge on any atom is 0.372 e. The molecule has 2 aromatic rings. The molecule has 1 aromatic heterocycles. The molecule has 0 spiro atoms. The summed E-state index contributed by atoms with van der Waals surface area (Å²) in [6.45, 7) is 1.85. The van der Waals surface area contributed by atoms with Crippen LogP contribution in [0.5, 0.6) is 0 Å². The number of nitrogens with zero attached hydrogens (tertiary/aromatic N) is 2. The van der Waals surface area contributed by atoms with Crippen LogP contribution < -0.4 is 0 Å². The van der Waals surface area contributed by atoms with Crippen LogP contribution in [-0.2, 0) is 7.05 Å². The molecule has 0 aliphatic carbocycles. The van der Waals surface area contributed by atoms with Crippen molar-refractivity contribution in [2.75, 3.05) is 0 Å². The first-order chi connectivity index (χ1) is 7.00. The molecule has 1 heterocycles. The molecule has 4 nitrogen and oxygen atoms in total. The van der Waals surface area contributed by atoms with E-state index in [1.807, 2.05) is 6.92 Å². The maximum absolute atomic E-state index is 10.9. The monoisotopic (exact) mass is 224 g/mol. The molecule has 0 saturated carbocycles. The van der Waals surface area contributed by atoms with Crippen LogP contribution in [0.25, 0.3) is 11.0 Å². The number of aromatic nitrogens is 2. The maximum atomic E-state index is 10.9. The fourth-order valence-corrected chi connectivity index (χ4v) is 1.87. The number of hydrogen-bond donors (Lipinski definition) is 1. The van der Waals surface area contributed by atoms with E-state index >= 15 is 0 Å². The molecule has 0 aliphatic rings. The number of rotatable bonds is 1. The Kier molecular flexibility index (Phi) is 2.16. The SMILES string of the molecule is Cc1cc(Cl)cc2c1nc(C(=O)O)n2C. The lowest BCUT2D eigenvalue weighted by Crippen LogP contribution is -2.05. The molecular weight excluding hydrogens is 216 g/mol. The molecule has 78 valence electrons. The van der Waals surface area contributed by atoms with Gasteiger partial charge in [-0.05, 0) is 24.6 Å². The smallest absolute Gasteiger partial charge is 0.372 e. The summed E-state index contributed by atoms with van der Waals surface area (Å²) < 4.78 is 1.52. The van der Waals surface area contributed by atoms with Gasteiger partial charge in [0, 0.05) is 12.1 Å². The number of halogens is 1. The van der Waals surface area contributed by atoms with Crippen LogP contribution in [0.15, 0.2) is 12.1 Å². The average Bonchev–Trinajstić information content (AvgIpc) is 2.44. The highest BCUT2D eigenvalue weighted by Gasteiger charge is 2.15. The average molecular weight is 225 g/mol. The zero-order chi connectivity index (χ0) is 11.2. The standard InChI is InChI=1S/C10H9ClN2O2/c1-5-3-6(11)4-7-8(5)12-9(10(14)15)13(7)2/h3-4H,1-2H3,(H,14,15). The Morgan fingerprint density at radius 3 is 2.80 bits per heavy atom. The van der Waals surface area contributed by atoms with Crippen LogP contribution in [0.4, 0.5) is 0 Å². The van der Waals surface area contributed by atoms with Crippen molar-refractivity contribution in [1.82, 2.24) is 9.55 Å². The first-order valence-corrected chi connectivity index (χ1v) is 4.74. The summed E-state index contributed by atoms with van der Waals surface area (Å²) in [6, 6.07) is 3.48. The van der Waals surface area contributed by atoms with Gasteiger partial charge in [0.1, 0.15) is 0 Å². The number of aromatic carboxylic acids is 1. The van der Waals surface area contributed by atoms with Crippen molar-refractivity contribution >= 4 is 28.6 Å². The van der Waals surface area contributed by atoms with Crippen LogP contribution in [0, 0.1) is 6.92 Å². The van der Waals surface area contributed by atoms with E-state index in [-0.39, 0.29) is 5.82 Å². The van der Waals surface area contributed by atoms with Crippen LogP contribution in [-0.4, -0.2) is 20.6 Å². The van der Waals surface area contributed by atoms with Crippen molar-refractivity contribution in [2.24, 2.45) is 7.05 Å². The molecule has 0 atom stereocenters. The highest BCUT2D eigenvalue weighted by Crippen LogP contribution is 2.23. The van der Waals surface area contributed by atoms with E-state index < -0.39 is 5.97 Å². The van der Waals surface area contributed by atoms with Gasteiger partial charge < -0.3 is 9.67 Å². The number of carbonyl (C=O) groups is 1. The molecule has 0 unspecified atom stereocenters. The number of carboxylic acid groups (broad SMARTS) is 1. The van der Waals surface area contributed by atoms with E-state index in [1.54, 1.807) is 19.2 Å². The van der Waals surface area contributed by atoms with Crippen LogP contribution in [0.2, 0.25) is 5.02 Å². The summed E-state index contributed by atoms with van der Waals surface area (Å²) in [7, 11) is 1.66. The van der Waals surface area contributed by atoms with E-state index in [1.165, 1.54) is 4.57 Å². The van der Waals surface area contributed by atoms with Crippen molar-refractivity contribution in [3.05, 3.63) is 28.5 Å². The van der Waals surface area contributed by atoms with Gasteiger partial charge in [0.25, 0.3) is 0 Å². The lowest BCUT2D eigenvalue weighted by Gasteiger charge is -1.99. The molecule has 0 amide bonds. The molecule has 0 bridgehead atoms. The van der Waals surface area contributed by atoms with E-state index in [2.05, 4.69) is 4.98 Å². The van der Waals surface area contributed by atoms with Crippen LogP contribution in [0.3, 0.4) is 0 Å². The summed E-state index contributed by atoms with van der Waals surface area (Å²) in [5.41, 5.74) is 2.29. The lowest BCUT2D eigenvalue weighted by atomic mass is 10.2. The molecule has 1 aromatic carbocycles. The number of fused-ring (bicyclic) bond motifs is 1. The number of imidazole rings is 1. The fourth-order valence-electron chi connectivity index (χ4n) is 1.61. The first kappa shape index (κ1) is 9.98. The summed E-state index contributed by atoms with van der Waals surface area (Å²) in [4.78, 5) is 14.9. The summed E-state index contributed by atoms with van der Waals surface area (Å²) in [6.07, 6.45) is 0. The number of aryl methyl sites for hydroxylation is 2. The van der Waals surface area contributed by atoms with Crippen LogP contribution >= 0.6 is 11.6 Å². The van der Waals surface area contributed by atoms with Gasteiger partial charge in [-0.15, -0.1) is 0 Å². The Hall–Kier alpha value is -1.55. The second-order valence-electron chi connectivity index (χ2n) is 3.39. The van der Waals surface area contributed by atoms with Gasteiger partial charge in [-0.1, -0.05) is 11.6 Å². The Balaban J connectivity index is 2.88. The summed E-state index contributed by atoms with van der Waals surface area (Å²) in [5.74, 6) is -1.01. The summed E-state index contributed by atoms with van der Waals surface area (Å²) >= 11 is 5.90. The predicted molar refractivity (Wildman–Crippen MR) is 57.4 cm³/mol. The number of hydrogen-bond acceptors (Lipinski definition) is 2. The minimum atomic E-state index is -1.04. The topological polar surface area (TPSA) is 55.1 Å². The van der Waals surface area contributed by atoms with Crippen molar-refractivity contribution in [3.8, 4) is 0 Å². The van der Waals surface area contributed by atoms with E-state index in [9.17, 15) is 4.79 Å². The highest BCUT2D eigenvalue weighted by atomic mass is 35.5. The van der Waals surface area contributed by atoms with Crippen molar-refractivity contribution < 1.29 is 9.90 Å². The highest BCUT2D eigenvalue weighted by molar-refractivity contribution is 6.31. The molecule has 15 heavy (non-hydrogen) atoms. The summed E-state index contributed by atoms with van der Waals surface area (Å²) in [5, 5.41) is 9.49. The van der Waals surface area contributed by atoms with E-state index in [4.69, 9.17) is 16.7 Å². The van der Waals surface area contributed by atoms with E-state index in [0.717, 1.165) is 11.1 Å². The molecule has 2 rings (SSSR count). The largest absolute Gasteiger partial charge is 0.475 e. The van der Waals surface area contributed by atoms with Crippen molar-refractivity contribution in [3.63, 3.8) is 0 Å². The normalized spacial score (nSPS) is 10.9. The molecular formula is C10H9ClN2O2. The predicted octanol–water partition coefficient (Wildman–Crippen LogP) is 2.23. The van der Waals surface area contributed by atoms with Gasteiger partial charge in [-0.3, -0.25) is 0 Å². The van der Waals surface area contributed by atoms with Gasteiger partial charge in [-0.25, -0.2) is 9.78 Å². The van der Waals surface area contributed by atoms with Gasteiger partial charge in [0.2, 0.25) is 5.82 Å². The fraction of sp³-hybridized carbons (Fsp3) is 0.200. The minimum Gasteiger partial charge on any atom is -0.475 e. The first-order valence-electron chi connectivity index (χ1n) is 4.36. The molecule has 5 heteroatoms. The molecule has 0 aliphatic heterocycles.